The highest BCUT2D eigenvalue weighted by Crippen LogP contribution is 2.33. The maximum Gasteiger partial charge on any atom is 0.162 e. The van der Waals surface area contributed by atoms with Gasteiger partial charge in [0.15, 0.2) is 11.5 Å². The summed E-state index contributed by atoms with van der Waals surface area (Å²) in [6, 6.07) is 5.28. The largest absolute Gasteiger partial charge is 0.490 e. The molecule has 17 heavy (non-hydrogen) atoms. The van der Waals surface area contributed by atoms with Crippen molar-refractivity contribution in [2.45, 2.75) is 26.7 Å². The Labute approximate surface area is 107 Å². The van der Waals surface area contributed by atoms with Gasteiger partial charge in [-0.15, -0.1) is 0 Å². The molecule has 0 aliphatic heterocycles. The number of unbranched alkanes of at least 4 members (excludes halogenated alkanes) is 1. The fourth-order valence-corrected chi connectivity index (χ4v) is 1.52. The van der Waals surface area contributed by atoms with E-state index >= 15 is 0 Å². The smallest absolute Gasteiger partial charge is 0.162 e. The van der Waals surface area contributed by atoms with Crippen LogP contribution in [0.3, 0.4) is 0 Å². The first kappa shape index (κ1) is 13.7. The van der Waals surface area contributed by atoms with Crippen molar-refractivity contribution in [2.24, 2.45) is 0 Å². The monoisotopic (exact) mass is 253 g/mol. The second kappa shape index (κ2) is 7.03. The van der Waals surface area contributed by atoms with Crippen LogP contribution < -0.4 is 9.47 Å². The summed E-state index contributed by atoms with van der Waals surface area (Å²) in [5.74, 6) is 1.17. The van der Waals surface area contributed by atoms with Crippen molar-refractivity contribution < 1.29 is 9.47 Å². The topological polar surface area (TPSA) is 42.2 Å². The van der Waals surface area contributed by atoms with Gasteiger partial charge in [-0.1, -0.05) is 24.9 Å². The second-order valence-electron chi connectivity index (χ2n) is 3.53. The Hall–Kier alpha value is -1.40. The lowest BCUT2D eigenvalue weighted by Crippen LogP contribution is -2.01. The van der Waals surface area contributed by atoms with Crippen LogP contribution in [0.15, 0.2) is 12.1 Å². The first-order valence-electron chi connectivity index (χ1n) is 5.72. The third kappa shape index (κ3) is 3.83. The van der Waals surface area contributed by atoms with Gasteiger partial charge in [-0.05, 0) is 13.3 Å². The van der Waals surface area contributed by atoms with Gasteiger partial charge in [-0.3, -0.25) is 0 Å². The molecule has 0 aliphatic rings. The van der Waals surface area contributed by atoms with Crippen molar-refractivity contribution in [1.29, 1.82) is 5.26 Å². The van der Waals surface area contributed by atoms with Gasteiger partial charge in [0.1, 0.15) is 6.07 Å². The molecular weight excluding hydrogens is 238 g/mol. The molecule has 0 bridgehead atoms. The van der Waals surface area contributed by atoms with Gasteiger partial charge in [0.25, 0.3) is 0 Å². The summed E-state index contributed by atoms with van der Waals surface area (Å²) in [4.78, 5) is 0. The molecule has 1 aromatic rings. The van der Waals surface area contributed by atoms with E-state index in [-0.39, 0.29) is 0 Å². The van der Waals surface area contributed by atoms with Crippen molar-refractivity contribution in [3.05, 3.63) is 22.7 Å². The predicted molar refractivity (Wildman–Crippen MR) is 67.7 cm³/mol. The van der Waals surface area contributed by atoms with Crippen LogP contribution >= 0.6 is 11.6 Å². The molecular formula is C13H16ClNO2. The fraction of sp³-hybridized carbons (Fsp3) is 0.462. The third-order valence-corrected chi connectivity index (χ3v) is 2.52. The van der Waals surface area contributed by atoms with Crippen molar-refractivity contribution >= 4 is 11.6 Å². The summed E-state index contributed by atoms with van der Waals surface area (Å²) in [5.41, 5.74) is 0.401. The van der Waals surface area contributed by atoms with E-state index in [1.54, 1.807) is 12.1 Å². The Morgan fingerprint density at radius 2 is 1.94 bits per heavy atom. The van der Waals surface area contributed by atoms with Crippen LogP contribution in [0.2, 0.25) is 5.02 Å². The minimum atomic E-state index is 0.391. The Kier molecular flexibility index (Phi) is 5.65. The van der Waals surface area contributed by atoms with Crippen LogP contribution in [0.4, 0.5) is 0 Å². The molecule has 4 heteroatoms. The first-order valence-corrected chi connectivity index (χ1v) is 6.10. The van der Waals surface area contributed by atoms with Crippen LogP contribution in [-0.4, -0.2) is 13.2 Å². The minimum Gasteiger partial charge on any atom is -0.490 e. The number of benzene rings is 1. The normalized spacial score (nSPS) is 9.76. The maximum absolute atomic E-state index is 8.89. The lowest BCUT2D eigenvalue weighted by molar-refractivity contribution is 0.272. The molecule has 1 aromatic carbocycles. The third-order valence-electron chi connectivity index (χ3n) is 2.21. The molecule has 0 spiro atoms. The molecule has 3 nitrogen and oxygen atoms in total. The molecule has 0 unspecified atom stereocenters. The highest BCUT2D eigenvalue weighted by Gasteiger charge is 2.10. The van der Waals surface area contributed by atoms with Crippen LogP contribution in [0, 0.1) is 11.3 Å². The van der Waals surface area contributed by atoms with E-state index in [9.17, 15) is 0 Å². The van der Waals surface area contributed by atoms with Crippen molar-refractivity contribution in [1.82, 2.24) is 0 Å². The Morgan fingerprint density at radius 3 is 2.53 bits per heavy atom. The lowest BCUT2D eigenvalue weighted by Gasteiger charge is -2.12. The first-order chi connectivity index (χ1) is 8.22. The molecule has 0 fully saturated rings. The summed E-state index contributed by atoms with van der Waals surface area (Å²) in [7, 11) is 0. The SMILES string of the molecule is CCCCOc1cc(Cl)c(C#N)cc1OCC. The molecule has 92 valence electrons. The van der Waals surface area contributed by atoms with Gasteiger partial charge in [0.05, 0.1) is 23.8 Å². The van der Waals surface area contributed by atoms with E-state index in [0.717, 1.165) is 12.8 Å². The van der Waals surface area contributed by atoms with Crippen molar-refractivity contribution in [2.75, 3.05) is 13.2 Å². The van der Waals surface area contributed by atoms with E-state index in [2.05, 4.69) is 6.92 Å². The number of hydrogen-bond acceptors (Lipinski definition) is 3. The molecule has 0 amide bonds. The van der Waals surface area contributed by atoms with Gasteiger partial charge in [0.2, 0.25) is 0 Å². The average Bonchev–Trinajstić information content (AvgIpc) is 2.32. The van der Waals surface area contributed by atoms with Crippen LogP contribution in [0.1, 0.15) is 32.3 Å². The molecule has 0 aromatic heterocycles. The standard InChI is InChI=1S/C13H16ClNO2/c1-3-5-6-17-13-8-11(14)10(9-15)7-12(13)16-4-2/h7-8H,3-6H2,1-2H3. The maximum atomic E-state index is 8.89. The highest BCUT2D eigenvalue weighted by molar-refractivity contribution is 6.31. The summed E-state index contributed by atoms with van der Waals surface area (Å²) < 4.78 is 11.0. The molecule has 0 saturated carbocycles. The molecule has 0 heterocycles. The Bertz CT molecular complexity index is 413. The molecule has 0 saturated heterocycles. The van der Waals surface area contributed by atoms with Crippen molar-refractivity contribution in [3.8, 4) is 17.6 Å². The molecule has 0 atom stereocenters. The van der Waals surface area contributed by atoms with E-state index in [1.807, 2.05) is 13.0 Å². The van der Waals surface area contributed by atoms with Gasteiger partial charge in [0, 0.05) is 12.1 Å². The number of nitrogens with zero attached hydrogens (tertiary/aromatic N) is 1. The van der Waals surface area contributed by atoms with Gasteiger partial charge in [-0.2, -0.15) is 5.26 Å². The van der Waals surface area contributed by atoms with E-state index in [1.165, 1.54) is 0 Å². The predicted octanol–water partition coefficient (Wildman–Crippen LogP) is 3.79. The highest BCUT2D eigenvalue weighted by atomic mass is 35.5. The summed E-state index contributed by atoms with van der Waals surface area (Å²) in [6.07, 6.45) is 2.04. The number of ether oxygens (including phenoxy) is 2. The second-order valence-corrected chi connectivity index (χ2v) is 3.93. The van der Waals surface area contributed by atoms with Crippen LogP contribution in [-0.2, 0) is 0 Å². The zero-order valence-electron chi connectivity index (χ0n) is 10.1. The number of hydrogen-bond donors (Lipinski definition) is 0. The Morgan fingerprint density at radius 1 is 1.24 bits per heavy atom. The van der Waals surface area contributed by atoms with Gasteiger partial charge >= 0.3 is 0 Å². The van der Waals surface area contributed by atoms with Crippen molar-refractivity contribution in [3.63, 3.8) is 0 Å². The summed E-state index contributed by atoms with van der Waals surface area (Å²) in [5, 5.41) is 9.28. The minimum absolute atomic E-state index is 0.391. The van der Waals surface area contributed by atoms with E-state index in [4.69, 9.17) is 26.3 Å². The lowest BCUT2D eigenvalue weighted by atomic mass is 10.2. The zero-order chi connectivity index (χ0) is 12.7. The molecule has 0 aliphatic carbocycles. The van der Waals surface area contributed by atoms with E-state index in [0.29, 0.717) is 35.3 Å². The molecule has 1 rings (SSSR count). The zero-order valence-corrected chi connectivity index (χ0v) is 10.9. The molecule has 0 radical (unpaired) electrons. The molecule has 0 N–H and O–H groups in total. The van der Waals surface area contributed by atoms with E-state index < -0.39 is 0 Å². The fourth-order valence-electron chi connectivity index (χ4n) is 1.33. The van der Waals surface area contributed by atoms with Crippen LogP contribution in [0.25, 0.3) is 0 Å². The number of rotatable bonds is 6. The Balaban J connectivity index is 2.93. The number of halogens is 1. The quantitative estimate of drug-likeness (QED) is 0.725. The number of nitriles is 1. The van der Waals surface area contributed by atoms with Gasteiger partial charge in [-0.25, -0.2) is 0 Å². The summed E-state index contributed by atoms with van der Waals surface area (Å²) in [6.45, 7) is 5.13. The summed E-state index contributed by atoms with van der Waals surface area (Å²) >= 11 is 5.96. The van der Waals surface area contributed by atoms with Gasteiger partial charge < -0.3 is 9.47 Å². The average molecular weight is 254 g/mol. The van der Waals surface area contributed by atoms with Crippen LogP contribution in [0.5, 0.6) is 11.5 Å².